The highest BCUT2D eigenvalue weighted by molar-refractivity contribution is 7.92. The maximum Gasteiger partial charge on any atom is 0.255 e. The van der Waals surface area contributed by atoms with Gasteiger partial charge in [0.05, 0.1) is 33.3 Å². The number of fused-ring (bicyclic) bond motifs is 2. The van der Waals surface area contributed by atoms with Crippen LogP contribution in [0.4, 0.5) is 10.1 Å². The molecule has 0 spiro atoms. The molecule has 206 valence electrons. The topological polar surface area (TPSA) is 133 Å². The summed E-state index contributed by atoms with van der Waals surface area (Å²) in [4.78, 5) is 25.1. The summed E-state index contributed by atoms with van der Waals surface area (Å²) in [7, 11) is -3.97. The normalized spacial score (nSPS) is 25.6. The summed E-state index contributed by atoms with van der Waals surface area (Å²) < 4.78 is 41.0. The first-order chi connectivity index (χ1) is 17.8. The predicted molar refractivity (Wildman–Crippen MR) is 141 cm³/mol. The van der Waals surface area contributed by atoms with Crippen molar-refractivity contribution in [3.8, 4) is 0 Å². The maximum absolute atomic E-state index is 13.7. The predicted octanol–water partition coefficient (Wildman–Crippen LogP) is 3.62. The lowest BCUT2D eigenvalue weighted by Crippen LogP contribution is -2.51. The number of aliphatic hydroxyl groups is 2. The van der Waals surface area contributed by atoms with Crippen LogP contribution in [0, 0.1) is 24.6 Å². The third-order valence-corrected chi connectivity index (χ3v) is 10.4. The summed E-state index contributed by atoms with van der Waals surface area (Å²) in [6.45, 7) is 3.19. The molecule has 2 bridgehead atoms. The number of rotatable bonds is 8. The Hall–Kier alpha value is -2.53. The molecule has 11 heteroatoms. The summed E-state index contributed by atoms with van der Waals surface area (Å²) in [5.41, 5.74) is -0.503. The first-order valence-corrected chi connectivity index (χ1v) is 14.5. The number of benzene rings is 2. The van der Waals surface area contributed by atoms with E-state index in [1.165, 1.54) is 36.4 Å². The summed E-state index contributed by atoms with van der Waals surface area (Å²) in [6.07, 6.45) is 0.671. The molecular formula is C27H32ClFN2O6S. The van der Waals surface area contributed by atoms with Crippen LogP contribution < -0.4 is 10.6 Å². The minimum atomic E-state index is -3.97. The van der Waals surface area contributed by atoms with E-state index in [9.17, 15) is 32.6 Å². The summed E-state index contributed by atoms with van der Waals surface area (Å²) >= 11 is 6.30. The van der Waals surface area contributed by atoms with Gasteiger partial charge in [-0.05, 0) is 93.3 Å². The van der Waals surface area contributed by atoms with Gasteiger partial charge in [-0.2, -0.15) is 0 Å². The largest absolute Gasteiger partial charge is 0.392 e. The van der Waals surface area contributed by atoms with Crippen molar-refractivity contribution in [2.24, 2.45) is 11.8 Å². The monoisotopic (exact) mass is 566 g/mol. The molecule has 2 amide bonds. The van der Waals surface area contributed by atoms with E-state index in [2.05, 4.69) is 10.6 Å². The van der Waals surface area contributed by atoms with Crippen molar-refractivity contribution in [3.63, 3.8) is 0 Å². The number of amides is 2. The molecular weight excluding hydrogens is 535 g/mol. The highest BCUT2D eigenvalue weighted by Gasteiger charge is 2.56. The quantitative estimate of drug-likeness (QED) is 0.386. The van der Waals surface area contributed by atoms with Crippen LogP contribution in [0.1, 0.15) is 54.9 Å². The van der Waals surface area contributed by atoms with Gasteiger partial charge in [-0.1, -0.05) is 11.6 Å². The van der Waals surface area contributed by atoms with Crippen molar-refractivity contribution in [1.82, 2.24) is 5.32 Å². The molecule has 2 saturated carbocycles. The van der Waals surface area contributed by atoms with Crippen molar-refractivity contribution in [1.29, 1.82) is 0 Å². The molecule has 2 fully saturated rings. The number of anilines is 1. The number of carbonyl (C=O) groups is 2. The second-order valence-corrected chi connectivity index (χ2v) is 13.1. The number of carbonyl (C=O) groups excluding carboxylic acids is 2. The average molecular weight is 567 g/mol. The molecule has 0 saturated heterocycles. The third kappa shape index (κ3) is 5.73. The molecule has 0 aliphatic heterocycles. The SMILES string of the molecule is Cc1cc(NC(=O)c2ccc(Cl)c(S(=O)(=O)C3CC4CCC(C3)C4(O)CC(=O)NC[C@@H](C)O)c2)ccc1F. The van der Waals surface area contributed by atoms with Crippen LogP contribution in [0.2, 0.25) is 5.02 Å². The van der Waals surface area contributed by atoms with Gasteiger partial charge in [0.15, 0.2) is 9.84 Å². The Morgan fingerprint density at radius 2 is 1.82 bits per heavy atom. The van der Waals surface area contributed by atoms with Crippen molar-refractivity contribution in [3.05, 3.63) is 58.4 Å². The Kier molecular flexibility index (Phi) is 8.18. The van der Waals surface area contributed by atoms with E-state index in [-0.39, 0.29) is 59.0 Å². The molecule has 38 heavy (non-hydrogen) atoms. The lowest BCUT2D eigenvalue weighted by atomic mass is 9.72. The number of aliphatic hydroxyl groups excluding tert-OH is 1. The van der Waals surface area contributed by atoms with E-state index in [1.807, 2.05) is 0 Å². The summed E-state index contributed by atoms with van der Waals surface area (Å²) in [6, 6.07) is 8.15. The highest BCUT2D eigenvalue weighted by Crippen LogP contribution is 2.53. The van der Waals surface area contributed by atoms with E-state index in [0.717, 1.165) is 0 Å². The summed E-state index contributed by atoms with van der Waals surface area (Å²) in [5.74, 6) is -2.12. The maximum atomic E-state index is 13.7. The lowest BCUT2D eigenvalue weighted by Gasteiger charge is -2.42. The molecule has 4 rings (SSSR count). The van der Waals surface area contributed by atoms with Gasteiger partial charge in [-0.3, -0.25) is 9.59 Å². The number of nitrogens with one attached hydrogen (secondary N) is 2. The van der Waals surface area contributed by atoms with Crippen molar-refractivity contribution >= 4 is 38.9 Å². The highest BCUT2D eigenvalue weighted by atomic mass is 35.5. The van der Waals surface area contributed by atoms with Crippen LogP contribution in [0.15, 0.2) is 41.3 Å². The number of aryl methyl sites for hydroxylation is 1. The minimum absolute atomic E-state index is 0.00939. The van der Waals surface area contributed by atoms with Gasteiger partial charge in [0, 0.05) is 17.8 Å². The van der Waals surface area contributed by atoms with Crippen LogP contribution in [0.3, 0.4) is 0 Å². The van der Waals surface area contributed by atoms with Crippen LogP contribution in [0.5, 0.6) is 0 Å². The first-order valence-electron chi connectivity index (χ1n) is 12.6. The molecule has 2 unspecified atom stereocenters. The van der Waals surface area contributed by atoms with Crippen LogP contribution >= 0.6 is 11.6 Å². The fourth-order valence-corrected chi connectivity index (χ4v) is 8.10. The zero-order valence-electron chi connectivity index (χ0n) is 21.2. The molecule has 0 radical (unpaired) electrons. The molecule has 2 aromatic carbocycles. The Bertz CT molecular complexity index is 1340. The van der Waals surface area contributed by atoms with Crippen LogP contribution in [-0.2, 0) is 14.6 Å². The van der Waals surface area contributed by atoms with Gasteiger partial charge in [-0.25, -0.2) is 12.8 Å². The molecule has 4 N–H and O–H groups in total. The van der Waals surface area contributed by atoms with Gasteiger partial charge in [-0.15, -0.1) is 0 Å². The Balaban J connectivity index is 1.51. The lowest BCUT2D eigenvalue weighted by molar-refractivity contribution is -0.133. The molecule has 8 nitrogen and oxygen atoms in total. The van der Waals surface area contributed by atoms with E-state index >= 15 is 0 Å². The summed E-state index contributed by atoms with van der Waals surface area (Å²) in [5, 5.41) is 25.2. The molecule has 2 aliphatic rings. The number of hydrogen-bond donors (Lipinski definition) is 4. The zero-order chi connectivity index (χ0) is 27.8. The van der Waals surface area contributed by atoms with E-state index in [1.54, 1.807) is 13.8 Å². The van der Waals surface area contributed by atoms with Gasteiger partial charge in [0.1, 0.15) is 5.82 Å². The second kappa shape index (κ2) is 10.9. The second-order valence-electron chi connectivity index (χ2n) is 10.5. The molecule has 3 atom stereocenters. The molecule has 2 aliphatic carbocycles. The van der Waals surface area contributed by atoms with Crippen LogP contribution in [-0.4, -0.2) is 53.9 Å². The Labute approximate surface area is 226 Å². The van der Waals surface area contributed by atoms with Crippen molar-refractivity contribution < 1.29 is 32.6 Å². The minimum Gasteiger partial charge on any atom is -0.392 e. The molecule has 2 aromatic rings. The Morgan fingerprint density at radius 3 is 2.42 bits per heavy atom. The van der Waals surface area contributed by atoms with E-state index in [0.29, 0.717) is 24.1 Å². The van der Waals surface area contributed by atoms with Crippen molar-refractivity contribution in [2.45, 2.75) is 67.8 Å². The first kappa shape index (κ1) is 28.5. The number of sulfone groups is 1. The Morgan fingerprint density at radius 1 is 1.16 bits per heavy atom. The third-order valence-electron chi connectivity index (χ3n) is 7.77. The zero-order valence-corrected chi connectivity index (χ0v) is 22.8. The van der Waals surface area contributed by atoms with E-state index < -0.39 is 38.5 Å². The molecule has 0 heterocycles. The average Bonchev–Trinajstić information content (AvgIpc) is 3.00. The number of hydrogen-bond acceptors (Lipinski definition) is 6. The van der Waals surface area contributed by atoms with Gasteiger partial charge in [0.2, 0.25) is 5.91 Å². The van der Waals surface area contributed by atoms with Crippen LogP contribution in [0.25, 0.3) is 0 Å². The van der Waals surface area contributed by atoms with Crippen molar-refractivity contribution in [2.75, 3.05) is 11.9 Å². The van der Waals surface area contributed by atoms with E-state index in [4.69, 9.17) is 11.6 Å². The smallest absolute Gasteiger partial charge is 0.255 e. The van der Waals surface area contributed by atoms with Gasteiger partial charge < -0.3 is 20.8 Å². The standard InChI is InChI=1S/C27H32ClFN2O6S/c1-15-9-20(6-8-23(15)29)31-26(34)17-3-7-22(28)24(10-17)38(36,37)21-11-18-4-5-19(12-21)27(18,35)13-25(33)30-14-16(2)32/h3,6-10,16,18-19,21,32,35H,4-5,11-14H2,1-2H3,(H,30,33)(H,31,34)/t16-,18?,19?,21?,27?/m1/s1. The fraction of sp³-hybridized carbons (Fsp3) is 0.481. The molecule has 0 aromatic heterocycles. The fourth-order valence-electron chi connectivity index (χ4n) is 5.70. The van der Waals surface area contributed by atoms with Gasteiger partial charge >= 0.3 is 0 Å². The number of halogens is 2. The van der Waals surface area contributed by atoms with Gasteiger partial charge in [0.25, 0.3) is 5.91 Å².